The number of rotatable bonds is 19. The number of hydrogen-bond acceptors (Lipinski definition) is 29. The van der Waals surface area contributed by atoms with Gasteiger partial charge in [-0.2, -0.15) is 0 Å². The van der Waals surface area contributed by atoms with Crippen LogP contribution >= 0.6 is 46.4 Å². The summed E-state index contributed by atoms with van der Waals surface area (Å²) in [5.41, 5.74) is -4.29. The molecular weight excluding hydrogens is 1730 g/mol. The average molecular weight is 1820 g/mol. The maximum absolute atomic E-state index is 13.9. The molecule has 8 aliphatic heterocycles. The molecule has 666 valence electrons. The third-order valence-electron chi connectivity index (χ3n) is 21.5. The van der Waals surface area contributed by atoms with Crippen molar-refractivity contribution in [1.82, 2.24) is 5.32 Å². The molecule has 0 spiro atoms. The number of nitrogens with zero attached hydrogens (tertiary/aromatic N) is 7. The summed E-state index contributed by atoms with van der Waals surface area (Å²) in [6.07, 6.45) is -16.4. The Morgan fingerprint density at radius 1 is 0.480 bits per heavy atom. The van der Waals surface area contributed by atoms with Gasteiger partial charge in [0.05, 0.1) is 26.7 Å². The number of benzene rings is 7. The first kappa shape index (κ1) is 91.4. The number of aliphatic hydroxyl groups is 15. The quantitative estimate of drug-likeness (QED) is 0.0203. The topological polar surface area (TPSA) is 622 Å². The number of unbranched alkanes of at least 4 members (excludes halogenated alkanes) is 8. The predicted molar refractivity (Wildman–Crippen MR) is 448 cm³/mol. The van der Waals surface area contributed by atoms with Crippen LogP contribution in [0.25, 0.3) is 11.1 Å². The molecule has 19 atom stereocenters. The minimum Gasteiger partial charge on any atom is -0.508 e. The molecule has 125 heavy (non-hydrogen) atoms. The number of fused-ring (bicyclic) bond motifs is 12. The van der Waals surface area contributed by atoms with Crippen molar-refractivity contribution in [3.8, 4) is 80.1 Å². The van der Waals surface area contributed by atoms with Crippen LogP contribution in [0.3, 0.4) is 0 Å². The number of aliphatic hydroxyl groups excluding tert-OH is 15. The van der Waals surface area contributed by atoms with Crippen molar-refractivity contribution in [2.24, 2.45) is 34.9 Å². The second-order valence-electron chi connectivity index (χ2n) is 30.1. The van der Waals surface area contributed by atoms with E-state index in [1.54, 1.807) is 0 Å². The van der Waals surface area contributed by atoms with Crippen LogP contribution in [0.4, 0.5) is 0 Å². The lowest BCUT2D eigenvalue weighted by molar-refractivity contribution is -0.277. The number of phenols is 4. The molecule has 7 aromatic carbocycles. The molecule has 42 heteroatoms. The molecule has 0 saturated carbocycles. The minimum atomic E-state index is -2.58. The van der Waals surface area contributed by atoms with E-state index in [2.05, 4.69) is 47.2 Å². The van der Waals surface area contributed by atoms with E-state index in [-0.39, 0.29) is 23.3 Å². The summed E-state index contributed by atoms with van der Waals surface area (Å²) >= 11 is 28.6. The third kappa shape index (κ3) is 19.4. The SMILES string of the molecule is CCCCCCCCCCCC(O)=NC1C(Oc2c3cc4cc2Oc2c(Cl)cc(cc2Cl)C(O)C2N=C(O)C(N=C(O)C4N=C(O)C4N=C(O)C(N=C(O)C(NC)c5ccc(O)c(c5)Oc5cc(O)c(Cl)c4c5)C(O)c4ccc(c(Cl)c4)O3)c3ccc(O)c(c3)-c3c(OC4OC(CO)C(O)C(O)C4O)cc(O)cc3C(C(=O)O)N=C2O)OC(C(=O)O)C(O)C1O. The van der Waals surface area contributed by atoms with Crippen LogP contribution in [0.15, 0.2) is 138 Å². The number of hydrogen-bond donors (Lipinski definition) is 22. The van der Waals surface area contributed by atoms with E-state index in [9.17, 15) is 117 Å². The van der Waals surface area contributed by atoms with Crippen molar-refractivity contribution in [2.75, 3.05) is 13.7 Å². The summed E-state index contributed by atoms with van der Waals surface area (Å²) in [4.78, 5) is 57.6. The number of ether oxygens (including phenoxy) is 7. The largest absolute Gasteiger partial charge is 0.508 e. The number of aliphatic imine (C=N–C) groups is 7. The molecule has 2 saturated heterocycles. The molecule has 15 rings (SSSR count). The third-order valence-corrected chi connectivity index (χ3v) is 22.8. The Morgan fingerprint density at radius 2 is 1.06 bits per heavy atom. The van der Waals surface area contributed by atoms with Crippen molar-refractivity contribution in [3.05, 3.63) is 162 Å². The average Bonchev–Trinajstić information content (AvgIpc) is 0.759. The lowest BCUT2D eigenvalue weighted by atomic mass is 9.90. The molecule has 17 bridgehead atoms. The molecule has 8 heterocycles. The molecule has 38 nitrogen and oxygen atoms in total. The van der Waals surface area contributed by atoms with Crippen molar-refractivity contribution < 1.29 is 150 Å². The molecule has 0 amide bonds. The van der Waals surface area contributed by atoms with Gasteiger partial charge < -0.3 is 146 Å². The standard InChI is InChI=1S/C83H86Cl4N8O30/c1-3-4-5-6-7-8-9-10-11-12-53(101)89-63-67(105)69(107)73(81(117)118)125-82(63)124-72-50-24-34-25-51(72)121-71-42(85)21-35(22-43(71)86)65(103)62-79(114)93-60(80(115)116)39-26-36(97)27-49(122-83-70(108)68(106)66(104)52(30-96)123-83)54(39)38-19-31(13-16-44(38)98)57(75(110)95-62)90-76(111)58(34)91-77(112)59-40-28-37(29-46(100)55(40)87)119-48-23-32(14-17-45(48)99)56(88-2)74(109)94-61(78(113)92-59)64(102)33-15-18-47(120-50)41(84)20-33/h13-29,52,56-70,73,82-83,88,96-100,102-108H,3-12,30H2,1-2H3,(H,89,101)(H,90,111)(H,91,112)(H,92,113)(H,93,114)(H,94,109)(H,95,110)(H,115,116)(H,117,118). The molecule has 0 radical (unpaired) electrons. The Morgan fingerprint density at radius 3 is 1.72 bits per heavy atom. The molecule has 19 unspecified atom stereocenters. The smallest absolute Gasteiger partial charge is 0.335 e. The number of halogens is 4. The minimum absolute atomic E-state index is 0.125. The maximum Gasteiger partial charge on any atom is 0.335 e. The predicted octanol–water partition coefficient (Wildman–Crippen LogP) is 11.0. The van der Waals surface area contributed by atoms with Crippen molar-refractivity contribution in [1.29, 1.82) is 0 Å². The number of phenolic OH excluding ortho intramolecular Hbond substituents is 4. The van der Waals surface area contributed by atoms with Crippen molar-refractivity contribution in [2.45, 2.75) is 187 Å². The Kier molecular flexibility index (Phi) is 28.3. The molecule has 0 aromatic heterocycles. The van der Waals surface area contributed by atoms with Crippen LogP contribution in [-0.4, -0.2) is 248 Å². The lowest BCUT2D eigenvalue weighted by Gasteiger charge is -2.39. The molecule has 0 aliphatic carbocycles. The van der Waals surface area contributed by atoms with Gasteiger partial charge in [0.15, 0.2) is 77.0 Å². The normalized spacial score (nSPS) is 26.9. The van der Waals surface area contributed by atoms with Crippen LogP contribution in [0.1, 0.15) is 152 Å². The Balaban J connectivity index is 1.12. The van der Waals surface area contributed by atoms with E-state index in [0.29, 0.717) is 12.8 Å². The summed E-state index contributed by atoms with van der Waals surface area (Å²) < 4.78 is 43.9. The highest BCUT2D eigenvalue weighted by molar-refractivity contribution is 6.37. The zero-order chi connectivity index (χ0) is 90.0. The highest BCUT2D eigenvalue weighted by Crippen LogP contribution is 2.53. The van der Waals surface area contributed by atoms with E-state index in [1.165, 1.54) is 31.3 Å². The van der Waals surface area contributed by atoms with Gasteiger partial charge in [0.25, 0.3) is 0 Å². The number of aliphatic carboxylic acids is 2. The number of likely N-dealkylation sites (N-methyl/N-ethyl adjacent to an activating group) is 1. The first-order valence-corrected chi connectivity index (χ1v) is 40.6. The number of carboxylic acid groups (broad SMARTS) is 2. The lowest BCUT2D eigenvalue weighted by Crippen LogP contribution is -2.60. The Bertz CT molecular complexity index is 5460. The zero-order valence-corrected chi connectivity index (χ0v) is 68.8. The molecule has 2 fully saturated rings. The van der Waals surface area contributed by atoms with Gasteiger partial charge in [-0.15, -0.1) is 0 Å². The fourth-order valence-corrected chi connectivity index (χ4v) is 16.0. The van der Waals surface area contributed by atoms with Gasteiger partial charge in [0.2, 0.25) is 53.7 Å². The van der Waals surface area contributed by atoms with Gasteiger partial charge in [0.1, 0.15) is 95.4 Å². The van der Waals surface area contributed by atoms with Gasteiger partial charge in [-0.3, -0.25) is 0 Å². The highest BCUT2D eigenvalue weighted by Gasteiger charge is 2.51. The Hall–Kier alpha value is -11.3. The summed E-state index contributed by atoms with van der Waals surface area (Å²) in [6.45, 7) is 1.10. The summed E-state index contributed by atoms with van der Waals surface area (Å²) in [5, 5.41) is 250. The van der Waals surface area contributed by atoms with Gasteiger partial charge in [-0.05, 0) is 114 Å². The first-order chi connectivity index (χ1) is 59.6. The van der Waals surface area contributed by atoms with E-state index in [1.807, 2.05) is 0 Å². The van der Waals surface area contributed by atoms with E-state index in [4.69, 9.17) is 79.6 Å². The van der Waals surface area contributed by atoms with E-state index < -0.39 is 298 Å². The highest BCUT2D eigenvalue weighted by atomic mass is 35.5. The van der Waals surface area contributed by atoms with Gasteiger partial charge in [0, 0.05) is 40.8 Å². The molecule has 8 aliphatic rings. The van der Waals surface area contributed by atoms with E-state index >= 15 is 0 Å². The van der Waals surface area contributed by atoms with E-state index in [0.717, 1.165) is 124 Å². The number of carbonyl (C=O) groups is 2. The maximum atomic E-state index is 13.9. The van der Waals surface area contributed by atoms with Crippen LogP contribution in [0.5, 0.6) is 69.0 Å². The summed E-state index contributed by atoms with van der Waals surface area (Å²) in [5.74, 6) is -20.7. The fraction of sp³-hybridized carbons (Fsp3) is 0.386. The van der Waals surface area contributed by atoms with Crippen LogP contribution < -0.4 is 29.0 Å². The number of nitrogens with one attached hydrogen (secondary N) is 1. The summed E-state index contributed by atoms with van der Waals surface area (Å²) in [7, 11) is 1.38. The zero-order valence-electron chi connectivity index (χ0n) is 65.8. The van der Waals surface area contributed by atoms with Crippen LogP contribution in [0.2, 0.25) is 20.1 Å². The molecular formula is C83H86Cl4N8O30. The summed E-state index contributed by atoms with van der Waals surface area (Å²) in [6, 6.07) is -0.828. The van der Waals surface area contributed by atoms with Gasteiger partial charge in [-0.25, -0.2) is 44.5 Å². The molecule has 22 N–H and O–H groups in total. The molecule has 7 aromatic rings. The van der Waals surface area contributed by atoms with Crippen LogP contribution in [0, 0.1) is 0 Å². The second-order valence-corrected chi connectivity index (χ2v) is 31.7. The van der Waals surface area contributed by atoms with Crippen molar-refractivity contribution >= 4 is 99.6 Å². The second kappa shape index (κ2) is 38.7. The monoisotopic (exact) mass is 1810 g/mol. The van der Waals surface area contributed by atoms with Gasteiger partial charge >= 0.3 is 11.9 Å². The number of aromatic hydroxyl groups is 4. The number of carboxylic acids is 2. The first-order valence-electron chi connectivity index (χ1n) is 39.1. The van der Waals surface area contributed by atoms with Gasteiger partial charge in [-0.1, -0.05) is 123 Å². The fourth-order valence-electron chi connectivity index (χ4n) is 15.0. The van der Waals surface area contributed by atoms with Crippen LogP contribution in [-0.2, 0) is 19.1 Å². The van der Waals surface area contributed by atoms with Crippen molar-refractivity contribution in [3.63, 3.8) is 0 Å². The Labute approximate surface area is 729 Å².